The van der Waals surface area contributed by atoms with E-state index in [1.807, 2.05) is 43.3 Å². The Balaban J connectivity index is 1.69. The van der Waals surface area contributed by atoms with Crippen LogP contribution in [0.4, 0.5) is 0 Å². The Kier molecular flexibility index (Phi) is 8.17. The molecule has 0 bridgehead atoms. The van der Waals surface area contributed by atoms with Gasteiger partial charge in [-0.05, 0) is 43.2 Å². The summed E-state index contributed by atoms with van der Waals surface area (Å²) < 4.78 is 18.3. The van der Waals surface area contributed by atoms with E-state index in [1.54, 1.807) is 7.11 Å². The fourth-order valence-corrected chi connectivity index (χ4v) is 3.70. The number of methoxy groups -OCH3 is 1. The van der Waals surface area contributed by atoms with Gasteiger partial charge in [0.05, 0.1) is 13.7 Å². The molecule has 158 valence electrons. The summed E-state index contributed by atoms with van der Waals surface area (Å²) in [5, 5.41) is 3.48. The van der Waals surface area contributed by atoms with Gasteiger partial charge >= 0.3 is 0 Å². The molecule has 0 heterocycles. The normalized spacial score (nSPS) is 10.7. The lowest BCUT2D eigenvalue weighted by Gasteiger charge is -2.16. The second-order valence-corrected chi connectivity index (χ2v) is 7.87. The quantitative estimate of drug-likeness (QED) is 0.393. The van der Waals surface area contributed by atoms with Crippen molar-refractivity contribution in [1.82, 2.24) is 5.32 Å². The number of benzene rings is 3. The summed E-state index contributed by atoms with van der Waals surface area (Å²) in [6.07, 6.45) is 0. The van der Waals surface area contributed by atoms with Crippen molar-refractivity contribution in [3.8, 4) is 17.2 Å². The molecular formula is C25H28BrNO3. The first-order valence-corrected chi connectivity index (χ1v) is 10.9. The Morgan fingerprint density at radius 1 is 0.833 bits per heavy atom. The predicted octanol–water partition coefficient (Wildman–Crippen LogP) is 6.03. The van der Waals surface area contributed by atoms with Crippen LogP contribution in [0.5, 0.6) is 17.2 Å². The van der Waals surface area contributed by atoms with Gasteiger partial charge in [0, 0.05) is 23.1 Å². The molecule has 5 heteroatoms. The van der Waals surface area contributed by atoms with Crippen LogP contribution in [0.25, 0.3) is 0 Å². The molecule has 0 radical (unpaired) electrons. The Labute approximate surface area is 187 Å². The second kappa shape index (κ2) is 11.0. The Morgan fingerprint density at radius 3 is 2.37 bits per heavy atom. The van der Waals surface area contributed by atoms with Crippen LogP contribution in [0.2, 0.25) is 0 Å². The van der Waals surface area contributed by atoms with E-state index in [9.17, 15) is 0 Å². The highest BCUT2D eigenvalue weighted by Crippen LogP contribution is 2.34. The van der Waals surface area contributed by atoms with Gasteiger partial charge in [0.15, 0.2) is 11.5 Å². The van der Waals surface area contributed by atoms with Crippen LogP contribution in [-0.4, -0.2) is 13.7 Å². The van der Waals surface area contributed by atoms with E-state index in [2.05, 4.69) is 52.4 Å². The molecule has 0 fully saturated rings. The number of rotatable bonds is 10. The van der Waals surface area contributed by atoms with Crippen molar-refractivity contribution in [3.63, 3.8) is 0 Å². The number of para-hydroxylation sites is 1. The third kappa shape index (κ3) is 6.00. The highest BCUT2D eigenvalue weighted by molar-refractivity contribution is 9.10. The summed E-state index contributed by atoms with van der Waals surface area (Å²) >= 11 is 3.68. The lowest BCUT2D eigenvalue weighted by Crippen LogP contribution is -2.14. The van der Waals surface area contributed by atoms with Crippen molar-refractivity contribution in [1.29, 1.82) is 0 Å². The maximum Gasteiger partial charge on any atom is 0.162 e. The molecule has 0 atom stereocenters. The first-order valence-electron chi connectivity index (χ1n) is 10.1. The van der Waals surface area contributed by atoms with Gasteiger partial charge in [-0.15, -0.1) is 0 Å². The summed E-state index contributed by atoms with van der Waals surface area (Å²) in [7, 11) is 1.69. The molecule has 3 aromatic carbocycles. The van der Waals surface area contributed by atoms with Gasteiger partial charge in [0.1, 0.15) is 12.4 Å². The molecule has 0 saturated carbocycles. The number of ether oxygens (including phenoxy) is 3. The molecule has 0 amide bonds. The smallest absolute Gasteiger partial charge is 0.162 e. The van der Waals surface area contributed by atoms with Crippen molar-refractivity contribution in [2.45, 2.75) is 33.5 Å². The molecule has 0 saturated heterocycles. The summed E-state index contributed by atoms with van der Waals surface area (Å²) in [6.45, 7) is 6.55. The zero-order valence-corrected chi connectivity index (χ0v) is 19.3. The molecule has 0 aliphatic heterocycles. The van der Waals surface area contributed by atoms with Gasteiger partial charge in [0.2, 0.25) is 0 Å². The molecule has 0 aliphatic rings. The third-order valence-corrected chi connectivity index (χ3v) is 5.45. The molecule has 0 unspecified atom stereocenters. The van der Waals surface area contributed by atoms with Crippen LogP contribution in [0.1, 0.15) is 29.2 Å². The first-order chi connectivity index (χ1) is 14.6. The van der Waals surface area contributed by atoms with E-state index < -0.39 is 0 Å². The van der Waals surface area contributed by atoms with Gasteiger partial charge < -0.3 is 19.5 Å². The zero-order chi connectivity index (χ0) is 21.3. The number of halogens is 1. The fraction of sp³-hybridized carbons (Fsp3) is 0.280. The van der Waals surface area contributed by atoms with E-state index in [4.69, 9.17) is 14.2 Å². The standard InChI is InChI=1S/C25H28BrNO3/c1-4-29-24-13-21(16-27-15-20-10-5-6-11-23(20)28-3)22(26)14-25(24)30-17-19-9-7-8-18(2)12-19/h5-14,27H,4,15-17H2,1-3H3. The average molecular weight is 470 g/mol. The van der Waals surface area contributed by atoms with Crippen molar-refractivity contribution in [2.24, 2.45) is 0 Å². The minimum absolute atomic E-state index is 0.500. The van der Waals surface area contributed by atoms with Crippen LogP contribution in [-0.2, 0) is 19.7 Å². The lowest BCUT2D eigenvalue weighted by molar-refractivity contribution is 0.268. The Bertz CT molecular complexity index is 974. The minimum atomic E-state index is 0.500. The van der Waals surface area contributed by atoms with Gasteiger partial charge in [0.25, 0.3) is 0 Å². The van der Waals surface area contributed by atoms with Crippen LogP contribution in [0.3, 0.4) is 0 Å². The monoisotopic (exact) mass is 469 g/mol. The SMILES string of the molecule is CCOc1cc(CNCc2ccccc2OC)c(Br)cc1OCc1cccc(C)c1. The molecule has 0 aromatic heterocycles. The predicted molar refractivity (Wildman–Crippen MR) is 124 cm³/mol. The number of aryl methyl sites for hydroxylation is 1. The van der Waals surface area contributed by atoms with Crippen molar-refractivity contribution in [2.75, 3.05) is 13.7 Å². The van der Waals surface area contributed by atoms with E-state index >= 15 is 0 Å². The van der Waals surface area contributed by atoms with E-state index in [1.165, 1.54) is 5.56 Å². The largest absolute Gasteiger partial charge is 0.496 e. The van der Waals surface area contributed by atoms with Gasteiger partial charge in [-0.25, -0.2) is 0 Å². The highest BCUT2D eigenvalue weighted by atomic mass is 79.9. The summed E-state index contributed by atoms with van der Waals surface area (Å²) in [6, 6.07) is 20.4. The van der Waals surface area contributed by atoms with Crippen molar-refractivity contribution in [3.05, 3.63) is 87.4 Å². The van der Waals surface area contributed by atoms with Crippen LogP contribution in [0, 0.1) is 6.92 Å². The average Bonchev–Trinajstić information content (AvgIpc) is 2.75. The van der Waals surface area contributed by atoms with Crippen molar-refractivity contribution < 1.29 is 14.2 Å². The molecular weight excluding hydrogens is 442 g/mol. The molecule has 3 rings (SSSR count). The minimum Gasteiger partial charge on any atom is -0.496 e. The van der Waals surface area contributed by atoms with E-state index in [0.29, 0.717) is 26.3 Å². The maximum atomic E-state index is 6.08. The van der Waals surface area contributed by atoms with E-state index in [-0.39, 0.29) is 0 Å². The Morgan fingerprint density at radius 2 is 1.60 bits per heavy atom. The second-order valence-electron chi connectivity index (χ2n) is 7.02. The van der Waals surface area contributed by atoms with Gasteiger partial charge in [-0.2, -0.15) is 0 Å². The molecule has 30 heavy (non-hydrogen) atoms. The third-order valence-electron chi connectivity index (χ3n) is 4.71. The number of hydrogen-bond donors (Lipinski definition) is 1. The van der Waals surface area contributed by atoms with Crippen LogP contribution < -0.4 is 19.5 Å². The van der Waals surface area contributed by atoms with Crippen molar-refractivity contribution >= 4 is 15.9 Å². The van der Waals surface area contributed by atoms with Crippen LogP contribution in [0.15, 0.2) is 65.1 Å². The van der Waals surface area contributed by atoms with E-state index in [0.717, 1.165) is 38.4 Å². The Hall–Kier alpha value is -2.50. The molecule has 1 N–H and O–H groups in total. The zero-order valence-electron chi connectivity index (χ0n) is 17.7. The van der Waals surface area contributed by atoms with Crippen LogP contribution >= 0.6 is 15.9 Å². The summed E-state index contributed by atoms with van der Waals surface area (Å²) in [5.41, 5.74) is 4.59. The summed E-state index contributed by atoms with van der Waals surface area (Å²) in [4.78, 5) is 0. The first kappa shape index (κ1) is 22.2. The number of nitrogens with one attached hydrogen (secondary N) is 1. The number of hydrogen-bond acceptors (Lipinski definition) is 4. The van der Waals surface area contributed by atoms with Gasteiger partial charge in [-0.1, -0.05) is 64.0 Å². The summed E-state index contributed by atoms with van der Waals surface area (Å²) in [5.74, 6) is 2.38. The fourth-order valence-electron chi connectivity index (χ4n) is 3.24. The van der Waals surface area contributed by atoms with Gasteiger partial charge in [-0.3, -0.25) is 0 Å². The molecule has 0 aliphatic carbocycles. The highest BCUT2D eigenvalue weighted by Gasteiger charge is 2.12. The molecule has 0 spiro atoms. The molecule has 4 nitrogen and oxygen atoms in total. The molecule has 3 aromatic rings. The lowest BCUT2D eigenvalue weighted by atomic mass is 10.1. The maximum absolute atomic E-state index is 6.08. The topological polar surface area (TPSA) is 39.7 Å².